The van der Waals surface area contributed by atoms with Crippen LogP contribution >= 0.6 is 0 Å². The molecular weight excluding hydrogens is 324 g/mol. The lowest BCUT2D eigenvalue weighted by Gasteiger charge is -2.66. The minimum Gasteiger partial charge on any atom is -0.462 e. The van der Waals surface area contributed by atoms with E-state index in [1.807, 2.05) is 0 Å². The highest BCUT2D eigenvalue weighted by Crippen LogP contribution is 2.70. The quantitative estimate of drug-likeness (QED) is 0.559. The molecule has 0 aromatic rings. The summed E-state index contributed by atoms with van der Waals surface area (Å²) >= 11 is 0. The van der Waals surface area contributed by atoms with E-state index in [9.17, 15) is 19.8 Å². The maximum atomic E-state index is 12.9. The van der Waals surface area contributed by atoms with Gasteiger partial charge in [0.1, 0.15) is 19.3 Å². The first-order chi connectivity index (χ1) is 11.5. The maximum absolute atomic E-state index is 12.9. The van der Waals surface area contributed by atoms with Crippen LogP contribution in [0.25, 0.3) is 0 Å². The molecule has 4 aliphatic carbocycles. The van der Waals surface area contributed by atoms with Gasteiger partial charge in [0.2, 0.25) is 0 Å². The summed E-state index contributed by atoms with van der Waals surface area (Å²) in [5.74, 6) is -0.980. The van der Waals surface area contributed by atoms with Crippen molar-refractivity contribution in [2.75, 3.05) is 13.2 Å². The summed E-state index contributed by atoms with van der Waals surface area (Å²) in [6, 6.07) is 0. The van der Waals surface area contributed by atoms with Crippen molar-refractivity contribution in [1.82, 2.24) is 0 Å². The Morgan fingerprint density at radius 3 is 2.12 bits per heavy atom. The molecule has 3 unspecified atom stereocenters. The Bertz CT molecular complexity index is 543. The second kappa shape index (κ2) is 5.81. The zero-order valence-electron chi connectivity index (χ0n) is 15.0. The SMILES string of the molecule is C=CC(=O)OCC(O)COC(=O)C12CC3(C)CC(C)(CC(O)(C3)C1)C2. The largest absolute Gasteiger partial charge is 0.462 e. The van der Waals surface area contributed by atoms with Crippen LogP contribution in [0.5, 0.6) is 0 Å². The van der Waals surface area contributed by atoms with Gasteiger partial charge in [0.25, 0.3) is 0 Å². The van der Waals surface area contributed by atoms with Crippen LogP contribution in [-0.2, 0) is 19.1 Å². The summed E-state index contributed by atoms with van der Waals surface area (Å²) in [5, 5.41) is 20.8. The van der Waals surface area contributed by atoms with E-state index in [1.54, 1.807) is 0 Å². The number of hydrogen-bond donors (Lipinski definition) is 2. The lowest BCUT2D eigenvalue weighted by atomic mass is 9.39. The van der Waals surface area contributed by atoms with Crippen LogP contribution in [0, 0.1) is 16.2 Å². The van der Waals surface area contributed by atoms with Gasteiger partial charge in [-0.05, 0) is 49.4 Å². The summed E-state index contributed by atoms with van der Waals surface area (Å²) in [6.45, 7) is 7.11. The number of rotatable bonds is 6. The maximum Gasteiger partial charge on any atom is 0.330 e. The van der Waals surface area contributed by atoms with Crippen molar-refractivity contribution < 1.29 is 29.3 Å². The van der Waals surface area contributed by atoms with E-state index in [1.165, 1.54) is 0 Å². The van der Waals surface area contributed by atoms with Gasteiger partial charge in [-0.2, -0.15) is 0 Å². The number of esters is 2. The second-order valence-corrected chi connectivity index (χ2v) is 9.27. The van der Waals surface area contributed by atoms with Crippen LogP contribution in [0.2, 0.25) is 0 Å². The zero-order chi connectivity index (χ0) is 18.5. The molecule has 0 amide bonds. The topological polar surface area (TPSA) is 93.1 Å². The molecule has 25 heavy (non-hydrogen) atoms. The molecule has 6 nitrogen and oxygen atoms in total. The third kappa shape index (κ3) is 3.47. The predicted molar refractivity (Wildman–Crippen MR) is 89.4 cm³/mol. The molecule has 0 heterocycles. The number of carbonyl (C=O) groups excluding carboxylic acids is 2. The molecule has 4 aliphatic rings. The number of ether oxygens (including phenoxy) is 2. The molecule has 0 aliphatic heterocycles. The smallest absolute Gasteiger partial charge is 0.330 e. The molecule has 4 saturated carbocycles. The Hall–Kier alpha value is -1.40. The third-order valence-electron chi connectivity index (χ3n) is 5.99. The van der Waals surface area contributed by atoms with Crippen LogP contribution in [-0.4, -0.2) is 47.1 Å². The average molecular weight is 352 g/mol. The Kier molecular flexibility index (Phi) is 4.27. The lowest BCUT2D eigenvalue weighted by molar-refractivity contribution is -0.235. The van der Waals surface area contributed by atoms with Crippen molar-refractivity contribution in [3.8, 4) is 0 Å². The Morgan fingerprint density at radius 1 is 1.04 bits per heavy atom. The van der Waals surface area contributed by atoms with Crippen LogP contribution < -0.4 is 0 Å². The van der Waals surface area contributed by atoms with Crippen molar-refractivity contribution in [2.45, 2.75) is 64.1 Å². The highest BCUT2D eigenvalue weighted by Gasteiger charge is 2.68. The summed E-state index contributed by atoms with van der Waals surface area (Å²) in [4.78, 5) is 23.9. The summed E-state index contributed by atoms with van der Waals surface area (Å²) < 4.78 is 10.1. The summed E-state index contributed by atoms with van der Waals surface area (Å²) in [7, 11) is 0. The van der Waals surface area contributed by atoms with Crippen LogP contribution in [0.1, 0.15) is 52.4 Å². The van der Waals surface area contributed by atoms with Gasteiger partial charge < -0.3 is 19.7 Å². The first-order valence-electron chi connectivity index (χ1n) is 8.88. The molecule has 0 radical (unpaired) electrons. The van der Waals surface area contributed by atoms with Crippen molar-refractivity contribution in [3.63, 3.8) is 0 Å². The van der Waals surface area contributed by atoms with Gasteiger partial charge in [-0.15, -0.1) is 0 Å². The van der Waals surface area contributed by atoms with Crippen LogP contribution in [0.15, 0.2) is 12.7 Å². The fourth-order valence-corrected chi connectivity index (χ4v) is 6.46. The van der Waals surface area contributed by atoms with E-state index in [-0.39, 0.29) is 30.0 Å². The zero-order valence-corrected chi connectivity index (χ0v) is 15.0. The van der Waals surface area contributed by atoms with E-state index >= 15 is 0 Å². The second-order valence-electron chi connectivity index (χ2n) is 9.27. The molecule has 0 aromatic heterocycles. The fraction of sp³-hybridized carbons (Fsp3) is 0.789. The van der Waals surface area contributed by atoms with Crippen molar-refractivity contribution in [3.05, 3.63) is 12.7 Å². The highest BCUT2D eigenvalue weighted by molar-refractivity contribution is 5.81. The van der Waals surface area contributed by atoms with Gasteiger partial charge in [0.05, 0.1) is 11.0 Å². The molecule has 0 spiro atoms. The normalized spacial score (nSPS) is 42.7. The first kappa shape index (κ1) is 18.4. The van der Waals surface area contributed by atoms with Crippen molar-refractivity contribution >= 4 is 11.9 Å². The Labute approximate surface area is 148 Å². The van der Waals surface area contributed by atoms with Gasteiger partial charge in [-0.3, -0.25) is 4.79 Å². The van der Waals surface area contributed by atoms with Gasteiger partial charge >= 0.3 is 11.9 Å². The van der Waals surface area contributed by atoms with Crippen LogP contribution in [0.3, 0.4) is 0 Å². The molecule has 2 N–H and O–H groups in total. The van der Waals surface area contributed by atoms with Gasteiger partial charge in [0, 0.05) is 6.08 Å². The Balaban J connectivity index is 1.64. The molecule has 3 atom stereocenters. The van der Waals surface area contributed by atoms with Crippen molar-refractivity contribution in [2.24, 2.45) is 16.2 Å². The average Bonchev–Trinajstić information content (AvgIpc) is 2.45. The molecule has 4 fully saturated rings. The van der Waals surface area contributed by atoms with E-state index in [2.05, 4.69) is 20.4 Å². The first-order valence-corrected chi connectivity index (χ1v) is 8.88. The van der Waals surface area contributed by atoms with Gasteiger partial charge in [-0.25, -0.2) is 4.79 Å². The minimum atomic E-state index is -1.07. The van der Waals surface area contributed by atoms with E-state index in [0.29, 0.717) is 6.42 Å². The predicted octanol–water partition coefficient (Wildman–Crippen LogP) is 1.73. The third-order valence-corrected chi connectivity index (χ3v) is 5.99. The number of hydrogen-bond acceptors (Lipinski definition) is 6. The monoisotopic (exact) mass is 352 g/mol. The van der Waals surface area contributed by atoms with E-state index in [4.69, 9.17) is 9.47 Å². The number of aliphatic hydroxyl groups excluding tert-OH is 1. The molecule has 140 valence electrons. The molecule has 6 heteroatoms. The minimum absolute atomic E-state index is 0.0463. The summed E-state index contributed by atoms with van der Waals surface area (Å²) in [6.07, 6.45) is 4.32. The van der Waals surface area contributed by atoms with E-state index in [0.717, 1.165) is 38.2 Å². The molecule has 4 bridgehead atoms. The highest BCUT2D eigenvalue weighted by atomic mass is 16.6. The molecule has 0 aromatic carbocycles. The van der Waals surface area contributed by atoms with Crippen molar-refractivity contribution in [1.29, 1.82) is 0 Å². The van der Waals surface area contributed by atoms with Gasteiger partial charge in [-0.1, -0.05) is 20.4 Å². The number of aliphatic hydroxyl groups is 2. The fourth-order valence-electron chi connectivity index (χ4n) is 6.46. The Morgan fingerprint density at radius 2 is 1.60 bits per heavy atom. The lowest BCUT2D eigenvalue weighted by Crippen LogP contribution is -2.64. The molecule has 0 saturated heterocycles. The molecule has 4 rings (SSSR count). The summed E-state index contributed by atoms with van der Waals surface area (Å²) in [5.41, 5.74) is -1.56. The molecular formula is C19H28O6. The number of carbonyl (C=O) groups is 2. The standard InChI is InChI=1S/C19H28O6/c1-4-14(21)24-5-13(20)6-25-15(22)18-8-16(2)7-17(3,9-18)11-19(23,10-16)12-18/h4,13,20,23H,1,5-12H2,2-3H3. The van der Waals surface area contributed by atoms with Crippen LogP contribution in [0.4, 0.5) is 0 Å². The van der Waals surface area contributed by atoms with Gasteiger partial charge in [0.15, 0.2) is 0 Å². The van der Waals surface area contributed by atoms with E-state index < -0.39 is 23.1 Å².